The average molecular weight is 478 g/mol. The molecule has 0 radical (unpaired) electrons. The van der Waals surface area contributed by atoms with Crippen LogP contribution in [0.2, 0.25) is 0 Å². The maximum Gasteiger partial charge on any atom is 0.273 e. The lowest BCUT2D eigenvalue weighted by Gasteiger charge is -2.27. The molecule has 7 heteroatoms. The van der Waals surface area contributed by atoms with Crippen LogP contribution in [0.5, 0.6) is 17.2 Å². The van der Waals surface area contributed by atoms with Crippen LogP contribution in [0.25, 0.3) is 11.3 Å². The summed E-state index contributed by atoms with van der Waals surface area (Å²) < 4.78 is 12.0. The van der Waals surface area contributed by atoms with Gasteiger partial charge in [-0.05, 0) is 55.5 Å². The SMILES string of the molecule is CCCCN1C(=O)c2[nH]nc(-c3ccccc3O)c2[C@@H]1c1ccc(OCCC(C)C)c(OCC)c1. The van der Waals surface area contributed by atoms with Crippen molar-refractivity contribution in [2.45, 2.75) is 53.0 Å². The van der Waals surface area contributed by atoms with Crippen LogP contribution < -0.4 is 9.47 Å². The number of unbranched alkanes of at least 4 members (excludes halogenated alkanes) is 1. The standard InChI is InChI=1S/C28H35N3O4/c1-5-7-15-31-27(19-12-13-22(23(17-19)34-6-2)35-16-14-18(3)4)24-25(29-30-26(24)28(31)33)20-10-8-9-11-21(20)32/h8-13,17-18,27,32H,5-7,14-16H2,1-4H3,(H,29,30)/t27-/m0/s1. The molecule has 0 saturated carbocycles. The van der Waals surface area contributed by atoms with E-state index in [0.29, 0.717) is 54.1 Å². The number of hydrogen-bond acceptors (Lipinski definition) is 5. The maximum absolute atomic E-state index is 13.4. The molecule has 1 atom stereocenters. The number of phenolic OH excluding ortho intramolecular Hbond substituents is 1. The molecule has 1 aliphatic rings. The molecule has 1 amide bonds. The Balaban J connectivity index is 1.78. The van der Waals surface area contributed by atoms with E-state index in [-0.39, 0.29) is 17.7 Å². The number of aromatic nitrogens is 2. The van der Waals surface area contributed by atoms with Crippen LogP contribution in [0.4, 0.5) is 0 Å². The fourth-order valence-electron chi connectivity index (χ4n) is 4.47. The van der Waals surface area contributed by atoms with Gasteiger partial charge in [-0.2, -0.15) is 5.10 Å². The number of phenols is 1. The van der Waals surface area contributed by atoms with Gasteiger partial charge in [-0.1, -0.05) is 45.4 Å². The van der Waals surface area contributed by atoms with Gasteiger partial charge in [0, 0.05) is 17.7 Å². The highest BCUT2D eigenvalue weighted by Gasteiger charge is 2.42. The summed E-state index contributed by atoms with van der Waals surface area (Å²) in [5.41, 5.74) is 3.36. The second-order valence-electron chi connectivity index (χ2n) is 9.30. The van der Waals surface area contributed by atoms with E-state index >= 15 is 0 Å². The highest BCUT2D eigenvalue weighted by Crippen LogP contribution is 2.46. The Morgan fingerprint density at radius 2 is 1.91 bits per heavy atom. The van der Waals surface area contributed by atoms with E-state index in [1.54, 1.807) is 12.1 Å². The van der Waals surface area contributed by atoms with Gasteiger partial charge in [0.1, 0.15) is 17.1 Å². The number of amides is 1. The van der Waals surface area contributed by atoms with Crippen molar-refractivity contribution in [2.75, 3.05) is 19.8 Å². The molecule has 35 heavy (non-hydrogen) atoms. The molecule has 1 aromatic heterocycles. The normalized spacial score (nSPS) is 15.1. The van der Waals surface area contributed by atoms with Crippen LogP contribution in [-0.2, 0) is 0 Å². The van der Waals surface area contributed by atoms with Crippen molar-refractivity contribution in [1.29, 1.82) is 0 Å². The monoisotopic (exact) mass is 477 g/mol. The van der Waals surface area contributed by atoms with Gasteiger partial charge >= 0.3 is 0 Å². The van der Waals surface area contributed by atoms with Crippen molar-refractivity contribution in [1.82, 2.24) is 15.1 Å². The predicted octanol–water partition coefficient (Wildman–Crippen LogP) is 5.95. The van der Waals surface area contributed by atoms with Crippen LogP contribution in [0.15, 0.2) is 42.5 Å². The smallest absolute Gasteiger partial charge is 0.273 e. The van der Waals surface area contributed by atoms with Gasteiger partial charge < -0.3 is 19.5 Å². The second kappa shape index (κ2) is 10.8. The van der Waals surface area contributed by atoms with E-state index in [9.17, 15) is 9.90 Å². The molecular formula is C28H35N3O4. The lowest BCUT2D eigenvalue weighted by molar-refractivity contribution is 0.0741. The topological polar surface area (TPSA) is 87.7 Å². The summed E-state index contributed by atoms with van der Waals surface area (Å²) in [7, 11) is 0. The number of nitrogens with zero attached hydrogens (tertiary/aromatic N) is 2. The molecule has 1 aliphatic heterocycles. The number of ether oxygens (including phenoxy) is 2. The van der Waals surface area contributed by atoms with E-state index in [1.807, 2.05) is 42.2 Å². The molecule has 0 fully saturated rings. The summed E-state index contributed by atoms with van der Waals surface area (Å²) in [5.74, 6) is 1.97. The van der Waals surface area contributed by atoms with Crippen molar-refractivity contribution in [2.24, 2.45) is 5.92 Å². The zero-order valence-electron chi connectivity index (χ0n) is 21.0. The summed E-state index contributed by atoms with van der Waals surface area (Å²) in [6, 6.07) is 12.6. The van der Waals surface area contributed by atoms with Crippen molar-refractivity contribution in [3.63, 3.8) is 0 Å². The zero-order valence-corrected chi connectivity index (χ0v) is 21.0. The van der Waals surface area contributed by atoms with Crippen LogP contribution in [0.1, 0.15) is 74.6 Å². The molecule has 0 saturated heterocycles. The predicted molar refractivity (Wildman–Crippen MR) is 136 cm³/mol. The van der Waals surface area contributed by atoms with Crippen LogP contribution >= 0.6 is 0 Å². The first-order chi connectivity index (χ1) is 17.0. The first kappa shape index (κ1) is 24.6. The Morgan fingerprint density at radius 1 is 1.11 bits per heavy atom. The quantitative estimate of drug-likeness (QED) is 0.356. The third kappa shape index (κ3) is 4.99. The molecule has 3 aromatic rings. The molecule has 0 bridgehead atoms. The Labute approximate surface area is 207 Å². The lowest BCUT2D eigenvalue weighted by atomic mass is 9.95. The molecular weight excluding hydrogens is 442 g/mol. The number of fused-ring (bicyclic) bond motifs is 1. The molecule has 0 unspecified atom stereocenters. The Hall–Kier alpha value is -3.48. The third-order valence-electron chi connectivity index (χ3n) is 6.31. The second-order valence-corrected chi connectivity index (χ2v) is 9.30. The fourth-order valence-corrected chi connectivity index (χ4v) is 4.47. The molecule has 186 valence electrons. The molecule has 4 rings (SSSR count). The van der Waals surface area contributed by atoms with Crippen molar-refractivity contribution in [3.05, 3.63) is 59.3 Å². The van der Waals surface area contributed by atoms with Crippen molar-refractivity contribution in [3.8, 4) is 28.5 Å². The maximum atomic E-state index is 13.4. The Kier molecular flexibility index (Phi) is 7.63. The lowest BCUT2D eigenvalue weighted by Crippen LogP contribution is -2.30. The minimum atomic E-state index is -0.346. The number of para-hydroxylation sites is 1. The van der Waals surface area contributed by atoms with Crippen LogP contribution in [-0.4, -0.2) is 45.9 Å². The number of nitrogens with one attached hydrogen (secondary N) is 1. The van der Waals surface area contributed by atoms with Gasteiger partial charge in [-0.15, -0.1) is 0 Å². The summed E-state index contributed by atoms with van der Waals surface area (Å²) >= 11 is 0. The number of carbonyl (C=O) groups is 1. The Morgan fingerprint density at radius 3 is 2.63 bits per heavy atom. The molecule has 2 heterocycles. The van der Waals surface area contributed by atoms with Gasteiger partial charge in [-0.25, -0.2) is 0 Å². The average Bonchev–Trinajstić information content (AvgIpc) is 3.37. The van der Waals surface area contributed by atoms with Gasteiger partial charge in [0.25, 0.3) is 5.91 Å². The highest BCUT2D eigenvalue weighted by molar-refractivity contribution is 6.00. The largest absolute Gasteiger partial charge is 0.507 e. The summed E-state index contributed by atoms with van der Waals surface area (Å²) in [4.78, 5) is 15.3. The van der Waals surface area contributed by atoms with Gasteiger partial charge in [0.2, 0.25) is 0 Å². The summed E-state index contributed by atoms with van der Waals surface area (Å²) in [6.45, 7) is 10.1. The number of aromatic amines is 1. The molecule has 7 nitrogen and oxygen atoms in total. The first-order valence-corrected chi connectivity index (χ1v) is 12.5. The van der Waals surface area contributed by atoms with Crippen molar-refractivity contribution < 1.29 is 19.4 Å². The summed E-state index contributed by atoms with van der Waals surface area (Å²) in [6.07, 6.45) is 2.82. The number of H-pyrrole nitrogens is 1. The van der Waals surface area contributed by atoms with Crippen LogP contribution in [0.3, 0.4) is 0 Å². The molecule has 2 aromatic carbocycles. The van der Waals surface area contributed by atoms with Gasteiger partial charge in [0.05, 0.1) is 19.3 Å². The molecule has 0 spiro atoms. The number of benzene rings is 2. The van der Waals surface area contributed by atoms with Gasteiger partial charge in [0.15, 0.2) is 11.5 Å². The highest BCUT2D eigenvalue weighted by atomic mass is 16.5. The molecule has 0 aliphatic carbocycles. The fraction of sp³-hybridized carbons (Fsp3) is 0.429. The summed E-state index contributed by atoms with van der Waals surface area (Å²) in [5, 5.41) is 17.9. The minimum absolute atomic E-state index is 0.0807. The number of aromatic hydroxyl groups is 1. The van der Waals surface area contributed by atoms with E-state index in [1.165, 1.54) is 0 Å². The zero-order chi connectivity index (χ0) is 24.9. The van der Waals surface area contributed by atoms with Crippen molar-refractivity contribution >= 4 is 5.91 Å². The third-order valence-corrected chi connectivity index (χ3v) is 6.31. The van der Waals surface area contributed by atoms with E-state index in [2.05, 4.69) is 31.0 Å². The first-order valence-electron chi connectivity index (χ1n) is 12.5. The van der Waals surface area contributed by atoms with E-state index in [4.69, 9.17) is 9.47 Å². The van der Waals surface area contributed by atoms with Gasteiger partial charge in [-0.3, -0.25) is 9.89 Å². The van der Waals surface area contributed by atoms with E-state index in [0.717, 1.165) is 30.4 Å². The molecule has 2 N–H and O–H groups in total. The number of carbonyl (C=O) groups excluding carboxylic acids is 1. The van der Waals surface area contributed by atoms with E-state index < -0.39 is 0 Å². The minimum Gasteiger partial charge on any atom is -0.507 e. The number of hydrogen-bond donors (Lipinski definition) is 2. The number of rotatable bonds is 11. The van der Waals surface area contributed by atoms with Crippen LogP contribution in [0, 0.1) is 5.92 Å². The Bertz CT molecular complexity index is 1170.